The monoisotopic (exact) mass is 1010 g/mol. The summed E-state index contributed by atoms with van der Waals surface area (Å²) >= 11 is 0. The molecule has 6 fully saturated rings. The molecule has 0 saturated carbocycles. The Morgan fingerprint density at radius 1 is 0.775 bits per heavy atom. The smallest absolute Gasteiger partial charge is 0.416 e. The minimum atomic E-state index is -4.48. The van der Waals surface area contributed by atoms with E-state index in [1.54, 1.807) is 54.1 Å². The van der Waals surface area contributed by atoms with Crippen LogP contribution < -0.4 is 34.2 Å². The Hall–Kier alpha value is -6.91. The first-order valence-corrected chi connectivity index (χ1v) is 22.8. The number of nitrogens with one attached hydrogen (secondary N) is 2. The summed E-state index contributed by atoms with van der Waals surface area (Å²) in [4.78, 5) is 40.0. The van der Waals surface area contributed by atoms with E-state index in [0.717, 1.165) is 69.2 Å². The molecule has 4 bridgehead atoms. The Labute approximate surface area is 409 Å². The molecule has 0 spiro atoms. The van der Waals surface area contributed by atoms with Gasteiger partial charge in [0.15, 0.2) is 0 Å². The number of anilines is 1. The van der Waals surface area contributed by atoms with E-state index in [4.69, 9.17) is 25.3 Å². The molecule has 6 saturated heterocycles. The van der Waals surface area contributed by atoms with E-state index in [0.29, 0.717) is 46.5 Å². The zero-order valence-corrected chi connectivity index (χ0v) is 39.4. The first-order chi connectivity index (χ1) is 33.5. The molecule has 6 aliphatic rings. The molecular formula is C48H52ClF6N13O3. The quantitative estimate of drug-likeness (QED) is 0.0544. The number of benzene rings is 2. The van der Waals surface area contributed by atoms with E-state index in [-0.39, 0.29) is 47.1 Å². The fraction of sp³-hybridized carbons (Fsp3) is 0.375. The molecule has 6 aliphatic heterocycles. The molecule has 5 aromatic heterocycles. The summed E-state index contributed by atoms with van der Waals surface area (Å²) in [5.74, 6) is 2.27. The van der Waals surface area contributed by atoms with Crippen molar-refractivity contribution in [2.24, 2.45) is 23.3 Å². The van der Waals surface area contributed by atoms with Gasteiger partial charge in [-0.2, -0.15) is 36.3 Å². The minimum Gasteiger partial charge on any atom is -1.00 e. The van der Waals surface area contributed by atoms with E-state index in [1.165, 1.54) is 73.3 Å². The molecule has 6 N–H and O–H groups in total. The lowest BCUT2D eigenvalue weighted by Crippen LogP contribution is -3.00. The van der Waals surface area contributed by atoms with Crippen LogP contribution in [0.4, 0.5) is 32.3 Å². The van der Waals surface area contributed by atoms with E-state index in [9.17, 15) is 31.1 Å². The van der Waals surface area contributed by atoms with Crippen LogP contribution in [0.5, 0.6) is 0 Å². The summed E-state index contributed by atoms with van der Waals surface area (Å²) < 4.78 is 92.6. The van der Waals surface area contributed by atoms with Crippen molar-refractivity contribution in [3.05, 3.63) is 115 Å². The maximum absolute atomic E-state index is 13.3. The number of nitrogens with two attached hydrogens (primary N) is 2. The molecule has 2 atom stereocenters. The number of alkyl halides is 6. The van der Waals surface area contributed by atoms with Gasteiger partial charge < -0.3 is 36.4 Å². The van der Waals surface area contributed by atoms with Crippen LogP contribution in [0.2, 0.25) is 0 Å². The number of carbonyl (C=O) groups is 1. The van der Waals surface area contributed by atoms with Gasteiger partial charge in [0.05, 0.1) is 22.9 Å². The largest absolute Gasteiger partial charge is 1.00 e. The third-order valence-electron chi connectivity index (χ3n) is 13.1. The van der Waals surface area contributed by atoms with Crippen LogP contribution in [-0.2, 0) is 12.4 Å². The molecule has 0 radical (unpaired) electrons. The second kappa shape index (κ2) is 20.8. The second-order valence-corrected chi connectivity index (χ2v) is 18.0. The molecule has 13 rings (SSSR count). The first kappa shape index (κ1) is 50.5. The van der Waals surface area contributed by atoms with E-state index in [1.807, 2.05) is 0 Å². The van der Waals surface area contributed by atoms with Gasteiger partial charge in [0, 0.05) is 75.2 Å². The SMILES string of the molecule is CN(C)C=CC(=O)c1c(-c2cccc(C(F)(F)F)c2)nc2occn12.FC(F)(F)c1cccc(-c2nc3occn3c2-c2ccnc(NC3CN4CCC3CC4)n2)c1.NC(N)=[NH+][C@@H]1CN2CCC1CC2.[Cl-]. The van der Waals surface area contributed by atoms with Crippen molar-refractivity contribution in [1.82, 2.24) is 43.4 Å². The zero-order valence-electron chi connectivity index (χ0n) is 38.7. The van der Waals surface area contributed by atoms with Gasteiger partial charge in [-0.05, 0) is 94.0 Å². The highest BCUT2D eigenvalue weighted by atomic mass is 35.5. The lowest BCUT2D eigenvalue weighted by Gasteiger charge is -2.44. The molecule has 23 heteroatoms. The Morgan fingerprint density at radius 2 is 1.34 bits per heavy atom. The summed E-state index contributed by atoms with van der Waals surface area (Å²) in [5, 5.41) is 3.48. The Balaban J connectivity index is 0.000000157. The summed E-state index contributed by atoms with van der Waals surface area (Å²) in [7, 11) is 3.50. The van der Waals surface area contributed by atoms with Crippen LogP contribution in [0.1, 0.15) is 47.3 Å². The molecule has 71 heavy (non-hydrogen) atoms. The van der Waals surface area contributed by atoms with Gasteiger partial charge in [0.1, 0.15) is 35.3 Å². The number of hydrogen-bond acceptors (Lipinski definition) is 11. The molecule has 11 heterocycles. The lowest BCUT2D eigenvalue weighted by atomic mass is 9.84. The number of oxazole rings is 2. The molecule has 2 aromatic carbocycles. The molecule has 376 valence electrons. The van der Waals surface area contributed by atoms with Crippen LogP contribution in [0.3, 0.4) is 0 Å². The summed E-state index contributed by atoms with van der Waals surface area (Å²) in [6.07, 6.45) is 6.53. The average molecular weight is 1010 g/mol. The fourth-order valence-corrected chi connectivity index (χ4v) is 9.63. The van der Waals surface area contributed by atoms with Crippen molar-refractivity contribution in [3.63, 3.8) is 0 Å². The maximum atomic E-state index is 13.3. The number of guanidine groups is 1. The number of imidazole rings is 2. The normalized spacial score (nSPS) is 21.5. The number of piperidine rings is 6. The Kier molecular flexibility index (Phi) is 14.8. The van der Waals surface area contributed by atoms with Crippen molar-refractivity contribution in [1.29, 1.82) is 0 Å². The Bertz CT molecular complexity index is 3010. The van der Waals surface area contributed by atoms with Gasteiger partial charge in [-0.15, -0.1) is 0 Å². The number of rotatable bonds is 9. The topological polar surface area (TPSA) is 191 Å². The molecule has 7 aromatic rings. The van der Waals surface area contributed by atoms with Gasteiger partial charge in [0.25, 0.3) is 0 Å². The third kappa shape index (κ3) is 11.3. The van der Waals surface area contributed by atoms with Gasteiger partial charge in [-0.25, -0.2) is 9.97 Å². The van der Waals surface area contributed by atoms with E-state index >= 15 is 0 Å². The van der Waals surface area contributed by atoms with Crippen LogP contribution in [-0.4, -0.2) is 121 Å². The lowest BCUT2D eigenvalue weighted by molar-refractivity contribution is -0.524. The van der Waals surface area contributed by atoms with Crippen LogP contribution >= 0.6 is 0 Å². The van der Waals surface area contributed by atoms with Crippen molar-refractivity contribution in [2.75, 3.05) is 58.7 Å². The number of allylic oxidation sites excluding steroid dienone is 1. The number of fused-ring (bicyclic) bond motifs is 8. The first-order valence-electron chi connectivity index (χ1n) is 22.8. The van der Waals surface area contributed by atoms with Gasteiger partial charge in [-0.3, -0.25) is 35.0 Å². The minimum absolute atomic E-state index is 0. The number of hydrogen-bond donors (Lipinski definition) is 4. The number of nitrogens with zero attached hydrogens (tertiary/aromatic N) is 9. The van der Waals surface area contributed by atoms with Crippen molar-refractivity contribution < 1.29 is 57.4 Å². The number of aromatic nitrogens is 6. The zero-order chi connectivity index (χ0) is 49.3. The molecule has 1 unspecified atom stereocenters. The molecule has 0 aliphatic carbocycles. The van der Waals surface area contributed by atoms with Gasteiger partial charge in [-0.1, -0.05) is 24.3 Å². The third-order valence-corrected chi connectivity index (χ3v) is 13.1. The predicted molar refractivity (Wildman–Crippen MR) is 248 cm³/mol. The summed E-state index contributed by atoms with van der Waals surface area (Å²) in [6.45, 7) is 6.87. The summed E-state index contributed by atoms with van der Waals surface area (Å²) in [6, 6.07) is 12.3. The van der Waals surface area contributed by atoms with E-state index in [2.05, 4.69) is 35.1 Å². The highest BCUT2D eigenvalue weighted by molar-refractivity contribution is 6.08. The Morgan fingerprint density at radius 3 is 1.89 bits per heavy atom. The molecule has 16 nitrogen and oxygen atoms in total. The number of carbonyl (C=O) groups excluding carboxylic acids is 1. The van der Waals surface area contributed by atoms with Crippen molar-refractivity contribution in [3.8, 4) is 33.9 Å². The number of ketones is 1. The van der Waals surface area contributed by atoms with Crippen LogP contribution in [0.15, 0.2) is 107 Å². The summed E-state index contributed by atoms with van der Waals surface area (Å²) in [5.41, 5.74) is 11.6. The van der Waals surface area contributed by atoms with Crippen molar-refractivity contribution in [2.45, 2.75) is 50.1 Å². The highest BCUT2D eigenvalue weighted by Gasteiger charge is 2.37. The maximum Gasteiger partial charge on any atom is 0.416 e. The van der Waals surface area contributed by atoms with Gasteiger partial charge in [0.2, 0.25) is 11.7 Å². The number of halogens is 7. The molecule has 0 amide bonds. The van der Waals surface area contributed by atoms with Crippen LogP contribution in [0.25, 0.3) is 45.6 Å². The second-order valence-electron chi connectivity index (χ2n) is 18.0. The standard InChI is InChI=1S/C23H21F3N6O.C17H14F3N3O2.C8H16N4.ClH/c24-23(25,26)16-3-1-2-15(12-16)19-20(32-10-11-33-22(32)30-19)17-4-7-27-21(28-17)29-18-13-31-8-5-14(18)6-9-31;1-22(2)7-6-13(24)15-14(21-16-23(15)8-9-25-16)11-4-3-5-12(10-11)17(18,19)20;9-8(10)11-7-5-12-3-1-6(7)2-4-12;/h1-4,7,10-12,14,18H,5-6,8-9,13H2,(H,27,28,29);3-10H,1-2H3;6-7H,1-5H2,(H4,9,10,11);1H/t;;7-;/m..1./s1. The van der Waals surface area contributed by atoms with Gasteiger partial charge >= 0.3 is 30.0 Å². The van der Waals surface area contributed by atoms with Crippen LogP contribution in [0, 0.1) is 11.8 Å². The predicted octanol–water partition coefficient (Wildman–Crippen LogP) is 2.89. The van der Waals surface area contributed by atoms with E-state index < -0.39 is 29.3 Å². The fourth-order valence-electron chi connectivity index (χ4n) is 9.63. The average Bonchev–Trinajstić information content (AvgIpc) is 4.14. The highest BCUT2D eigenvalue weighted by Crippen LogP contribution is 2.38. The van der Waals surface area contributed by atoms with Crippen molar-refractivity contribution >= 4 is 29.4 Å². The molecular weight excluding hydrogens is 956 g/mol.